The fourth-order valence-corrected chi connectivity index (χ4v) is 3.17. The molecule has 0 heterocycles. The summed E-state index contributed by atoms with van der Waals surface area (Å²) in [6.45, 7) is 3.91. The summed E-state index contributed by atoms with van der Waals surface area (Å²) in [5, 5.41) is 11.2. The van der Waals surface area contributed by atoms with Gasteiger partial charge in [-0.2, -0.15) is 12.6 Å². The molecule has 2 amide bonds. The molecule has 0 aromatic heterocycles. The van der Waals surface area contributed by atoms with Crippen molar-refractivity contribution in [3.05, 3.63) is 65.7 Å². The molecule has 0 saturated carbocycles. The van der Waals surface area contributed by atoms with Crippen molar-refractivity contribution in [2.75, 3.05) is 25.6 Å². The van der Waals surface area contributed by atoms with E-state index in [4.69, 9.17) is 19.3 Å². The van der Waals surface area contributed by atoms with Gasteiger partial charge in [0.2, 0.25) is 0 Å². The predicted molar refractivity (Wildman–Crippen MR) is 125 cm³/mol. The molecule has 2 N–H and O–H groups in total. The molecular formula is C24H29NO7S. The van der Waals surface area contributed by atoms with Crippen molar-refractivity contribution in [2.45, 2.75) is 26.4 Å². The number of alkyl carbamates (subject to hydrolysis) is 1. The van der Waals surface area contributed by atoms with Gasteiger partial charge >= 0.3 is 12.1 Å². The molecule has 0 spiro atoms. The smallest absolute Gasteiger partial charge is 0.414 e. The van der Waals surface area contributed by atoms with Crippen molar-refractivity contribution in [3.63, 3.8) is 0 Å². The highest BCUT2D eigenvalue weighted by Gasteiger charge is 2.35. The lowest BCUT2D eigenvalue weighted by molar-refractivity contribution is -0.141. The number of imide groups is 1. The van der Waals surface area contributed by atoms with Gasteiger partial charge in [-0.05, 0) is 36.2 Å². The highest BCUT2D eigenvalue weighted by Crippen LogP contribution is 2.40. The van der Waals surface area contributed by atoms with Crippen LogP contribution in [-0.2, 0) is 14.3 Å². The average Bonchev–Trinajstić information content (AvgIpc) is 2.81. The SMILES string of the molecule is CC(C)(CCOC(=O)CS)[C@@H](OC(=O)NC(=O)c1ccccc1)c1ccc(OCCO)cc1. The number of aliphatic hydroxyl groups is 1. The molecule has 9 heteroatoms. The topological polar surface area (TPSA) is 111 Å². The number of nitrogens with one attached hydrogen (secondary N) is 1. The molecule has 0 fully saturated rings. The van der Waals surface area contributed by atoms with Crippen LogP contribution < -0.4 is 10.1 Å². The molecular weight excluding hydrogens is 446 g/mol. The number of amides is 2. The van der Waals surface area contributed by atoms with Gasteiger partial charge < -0.3 is 19.3 Å². The largest absolute Gasteiger partial charge is 0.491 e. The molecule has 33 heavy (non-hydrogen) atoms. The fourth-order valence-electron chi connectivity index (χ4n) is 3.08. The number of thiol groups is 1. The van der Waals surface area contributed by atoms with Gasteiger partial charge in [0.05, 0.1) is 19.0 Å². The molecule has 0 bridgehead atoms. The number of ether oxygens (including phenoxy) is 3. The van der Waals surface area contributed by atoms with E-state index in [1.807, 2.05) is 13.8 Å². The van der Waals surface area contributed by atoms with Crippen LogP contribution in [-0.4, -0.2) is 48.6 Å². The van der Waals surface area contributed by atoms with Gasteiger partial charge in [0.1, 0.15) is 18.5 Å². The standard InChI is InChI=1S/C24H29NO7S/c1-24(2,12-14-31-20(27)16-33)21(17-8-10-19(11-9-17)30-15-13-26)32-23(29)25-22(28)18-6-4-3-5-7-18/h3-11,21,26,33H,12-16H2,1-2H3,(H,25,28,29)/t21-/m0/s1. The molecule has 0 saturated heterocycles. The molecule has 1 atom stereocenters. The van der Waals surface area contributed by atoms with E-state index in [9.17, 15) is 14.4 Å². The summed E-state index contributed by atoms with van der Waals surface area (Å²) in [4.78, 5) is 36.4. The summed E-state index contributed by atoms with van der Waals surface area (Å²) < 4.78 is 16.2. The first-order valence-electron chi connectivity index (χ1n) is 10.4. The molecule has 0 radical (unpaired) electrons. The maximum Gasteiger partial charge on any atom is 0.414 e. The number of aliphatic hydroxyl groups excluding tert-OH is 1. The fraction of sp³-hybridized carbons (Fsp3) is 0.375. The minimum Gasteiger partial charge on any atom is -0.491 e. The van der Waals surface area contributed by atoms with E-state index in [2.05, 4.69) is 17.9 Å². The Morgan fingerprint density at radius 3 is 2.30 bits per heavy atom. The van der Waals surface area contributed by atoms with Gasteiger partial charge in [0, 0.05) is 11.0 Å². The number of esters is 1. The third kappa shape index (κ3) is 8.43. The summed E-state index contributed by atoms with van der Waals surface area (Å²) in [5.74, 6) is -0.494. The first-order valence-corrected chi connectivity index (χ1v) is 11.1. The maximum atomic E-state index is 12.6. The quantitative estimate of drug-likeness (QED) is 0.337. The van der Waals surface area contributed by atoms with Gasteiger partial charge in [0.15, 0.2) is 0 Å². The Morgan fingerprint density at radius 1 is 1.03 bits per heavy atom. The molecule has 0 aliphatic carbocycles. The zero-order valence-electron chi connectivity index (χ0n) is 18.7. The zero-order chi connectivity index (χ0) is 24.3. The van der Waals surface area contributed by atoms with Crippen LogP contribution in [0.25, 0.3) is 0 Å². The molecule has 2 rings (SSSR count). The minimum atomic E-state index is -0.894. The minimum absolute atomic E-state index is 0.0281. The van der Waals surface area contributed by atoms with Crippen molar-refractivity contribution in [3.8, 4) is 5.75 Å². The van der Waals surface area contributed by atoms with E-state index in [1.54, 1.807) is 54.6 Å². The van der Waals surface area contributed by atoms with Crippen LogP contribution in [0.4, 0.5) is 4.79 Å². The van der Waals surface area contributed by atoms with Gasteiger partial charge in [-0.25, -0.2) is 4.79 Å². The molecule has 8 nitrogen and oxygen atoms in total. The van der Waals surface area contributed by atoms with Crippen molar-refractivity contribution in [2.24, 2.45) is 5.41 Å². The number of carbonyl (C=O) groups excluding carboxylic acids is 3. The first-order chi connectivity index (χ1) is 15.8. The molecule has 2 aromatic rings. The van der Waals surface area contributed by atoms with Crippen molar-refractivity contribution in [1.82, 2.24) is 5.32 Å². The third-order valence-electron chi connectivity index (χ3n) is 4.87. The van der Waals surface area contributed by atoms with E-state index in [0.29, 0.717) is 23.3 Å². The Bertz CT molecular complexity index is 916. The number of carbonyl (C=O) groups is 3. The molecule has 0 unspecified atom stereocenters. The molecule has 0 aliphatic heterocycles. The Kier molecular flexibility index (Phi) is 10.2. The van der Waals surface area contributed by atoms with E-state index in [0.717, 1.165) is 0 Å². The van der Waals surface area contributed by atoms with Crippen LogP contribution >= 0.6 is 12.6 Å². The Balaban J connectivity index is 2.17. The summed E-state index contributed by atoms with van der Waals surface area (Å²) in [6, 6.07) is 15.2. The van der Waals surface area contributed by atoms with Crippen LogP contribution in [0.5, 0.6) is 5.75 Å². The van der Waals surface area contributed by atoms with Crippen molar-refractivity contribution >= 4 is 30.6 Å². The average molecular weight is 476 g/mol. The Hall–Kier alpha value is -3.04. The van der Waals surface area contributed by atoms with Crippen LogP contribution in [0.2, 0.25) is 0 Å². The van der Waals surface area contributed by atoms with E-state index < -0.39 is 29.5 Å². The molecule has 0 aliphatic rings. The number of hydrogen-bond donors (Lipinski definition) is 3. The Morgan fingerprint density at radius 2 is 1.70 bits per heavy atom. The lowest BCUT2D eigenvalue weighted by Gasteiger charge is -2.34. The summed E-state index contributed by atoms with van der Waals surface area (Å²) in [6.07, 6.45) is -1.27. The van der Waals surface area contributed by atoms with Gasteiger partial charge in [-0.15, -0.1) is 0 Å². The molecule has 2 aromatic carbocycles. The third-order valence-corrected chi connectivity index (χ3v) is 5.13. The lowest BCUT2D eigenvalue weighted by Crippen LogP contribution is -2.36. The second kappa shape index (κ2) is 12.9. The van der Waals surface area contributed by atoms with Gasteiger partial charge in [0.25, 0.3) is 5.91 Å². The van der Waals surface area contributed by atoms with Gasteiger partial charge in [-0.3, -0.25) is 14.9 Å². The molecule has 178 valence electrons. The number of rotatable bonds is 11. The Labute approximate surface area is 198 Å². The maximum absolute atomic E-state index is 12.6. The van der Waals surface area contributed by atoms with E-state index in [-0.39, 0.29) is 25.6 Å². The second-order valence-corrected chi connectivity index (χ2v) is 8.18. The van der Waals surface area contributed by atoms with E-state index >= 15 is 0 Å². The highest BCUT2D eigenvalue weighted by molar-refractivity contribution is 7.81. The van der Waals surface area contributed by atoms with Crippen LogP contribution in [0.1, 0.15) is 42.3 Å². The number of hydrogen-bond acceptors (Lipinski definition) is 8. The monoisotopic (exact) mass is 475 g/mol. The lowest BCUT2D eigenvalue weighted by atomic mass is 9.80. The van der Waals surface area contributed by atoms with Crippen LogP contribution in [0.3, 0.4) is 0 Å². The second-order valence-electron chi connectivity index (χ2n) is 7.86. The number of benzene rings is 2. The van der Waals surface area contributed by atoms with Crippen LogP contribution in [0.15, 0.2) is 54.6 Å². The van der Waals surface area contributed by atoms with E-state index in [1.165, 1.54) is 0 Å². The summed E-state index contributed by atoms with van der Waals surface area (Å²) >= 11 is 3.89. The van der Waals surface area contributed by atoms with Gasteiger partial charge in [-0.1, -0.05) is 44.2 Å². The van der Waals surface area contributed by atoms with Crippen molar-refractivity contribution < 1.29 is 33.7 Å². The normalized spacial score (nSPS) is 11.9. The summed E-state index contributed by atoms with van der Waals surface area (Å²) in [7, 11) is 0. The first kappa shape index (κ1) is 26.2. The van der Waals surface area contributed by atoms with Crippen LogP contribution in [0, 0.1) is 5.41 Å². The van der Waals surface area contributed by atoms with Crippen molar-refractivity contribution in [1.29, 1.82) is 0 Å². The summed E-state index contributed by atoms with van der Waals surface area (Å²) in [5.41, 5.74) is 0.339. The highest BCUT2D eigenvalue weighted by atomic mass is 32.1. The zero-order valence-corrected chi connectivity index (χ0v) is 19.5. The predicted octanol–water partition coefficient (Wildman–Crippen LogP) is 3.55.